The third-order valence-electron chi connectivity index (χ3n) is 2.62. The van der Waals surface area contributed by atoms with Crippen LogP contribution in [0.4, 0.5) is 4.39 Å². The maximum Gasteiger partial charge on any atom is 0.222 e. The zero-order valence-corrected chi connectivity index (χ0v) is 11.4. The minimum atomic E-state index is -0.589. The Kier molecular flexibility index (Phi) is 5.48. The summed E-state index contributed by atoms with van der Waals surface area (Å²) in [7, 11) is 3.39. The number of ketones is 1. The van der Waals surface area contributed by atoms with E-state index in [9.17, 15) is 14.0 Å². The molecule has 0 aliphatic carbocycles. The second-order valence-corrected chi connectivity index (χ2v) is 4.44. The first-order valence-corrected chi connectivity index (χ1v) is 6.05. The second-order valence-electron chi connectivity index (χ2n) is 4.44. The van der Waals surface area contributed by atoms with E-state index in [2.05, 4.69) is 0 Å². The highest BCUT2D eigenvalue weighted by molar-refractivity contribution is 5.94. The molecule has 0 unspecified atom stereocenters. The maximum atomic E-state index is 13.5. The first kappa shape index (κ1) is 15.1. The van der Waals surface area contributed by atoms with Crippen LogP contribution in [0.2, 0.25) is 0 Å². The lowest BCUT2D eigenvalue weighted by atomic mass is 10.1. The monoisotopic (exact) mass is 267 g/mol. The number of nitrogens with zero attached hydrogens (tertiary/aromatic N) is 1. The Balaban J connectivity index is 2.44. The van der Waals surface area contributed by atoms with E-state index in [-0.39, 0.29) is 17.3 Å². The molecule has 4 nitrogen and oxygen atoms in total. The van der Waals surface area contributed by atoms with E-state index in [1.54, 1.807) is 20.2 Å². The van der Waals surface area contributed by atoms with Crippen LogP contribution in [0.3, 0.4) is 0 Å². The molecular weight excluding hydrogens is 249 g/mol. The van der Waals surface area contributed by atoms with Gasteiger partial charge in [0.1, 0.15) is 11.6 Å². The Hall–Kier alpha value is -1.91. The molecule has 0 aliphatic rings. The van der Waals surface area contributed by atoms with E-state index < -0.39 is 5.82 Å². The topological polar surface area (TPSA) is 46.6 Å². The molecule has 0 saturated heterocycles. The fourth-order valence-corrected chi connectivity index (χ4v) is 1.51. The lowest BCUT2D eigenvalue weighted by Gasteiger charge is -2.10. The van der Waals surface area contributed by atoms with Gasteiger partial charge in [-0.05, 0) is 25.5 Å². The molecule has 5 heteroatoms. The number of amides is 1. The van der Waals surface area contributed by atoms with Gasteiger partial charge in [-0.3, -0.25) is 9.59 Å². The first-order valence-electron chi connectivity index (χ1n) is 6.05. The third-order valence-corrected chi connectivity index (χ3v) is 2.62. The smallest absolute Gasteiger partial charge is 0.222 e. The van der Waals surface area contributed by atoms with Crippen molar-refractivity contribution >= 4 is 11.7 Å². The molecule has 0 atom stereocenters. The van der Waals surface area contributed by atoms with E-state index in [4.69, 9.17) is 4.74 Å². The van der Waals surface area contributed by atoms with Gasteiger partial charge in [-0.2, -0.15) is 0 Å². The van der Waals surface area contributed by atoms with Crippen LogP contribution >= 0.6 is 0 Å². The number of rotatable bonds is 6. The molecule has 0 saturated carbocycles. The summed E-state index contributed by atoms with van der Waals surface area (Å²) >= 11 is 0. The summed E-state index contributed by atoms with van der Waals surface area (Å²) in [5, 5.41) is 0. The minimum Gasteiger partial charge on any atom is -0.493 e. The standard InChI is InChI=1S/C14H18FNO3/c1-10(17)12-7-6-11(9-13(12)15)19-8-4-5-14(18)16(2)3/h6-7,9H,4-5,8H2,1-3H3. The van der Waals surface area contributed by atoms with E-state index in [0.717, 1.165) is 0 Å². The minimum absolute atomic E-state index is 0.0294. The molecule has 1 amide bonds. The molecule has 0 fully saturated rings. The lowest BCUT2D eigenvalue weighted by molar-refractivity contribution is -0.128. The summed E-state index contributed by atoms with van der Waals surface area (Å²) in [5.74, 6) is -0.517. The molecule has 0 aromatic heterocycles. The van der Waals surface area contributed by atoms with E-state index in [0.29, 0.717) is 25.2 Å². The fraction of sp³-hybridized carbons (Fsp3) is 0.429. The fourth-order valence-electron chi connectivity index (χ4n) is 1.51. The molecule has 1 aromatic rings. The summed E-state index contributed by atoms with van der Waals surface area (Å²) in [6.07, 6.45) is 0.952. The summed E-state index contributed by atoms with van der Waals surface area (Å²) < 4.78 is 18.8. The van der Waals surface area contributed by atoms with Gasteiger partial charge in [0.25, 0.3) is 0 Å². The molecule has 1 aromatic carbocycles. The van der Waals surface area contributed by atoms with Crippen molar-refractivity contribution in [1.82, 2.24) is 4.90 Å². The van der Waals surface area contributed by atoms with Crippen molar-refractivity contribution in [3.8, 4) is 5.75 Å². The summed E-state index contributed by atoms with van der Waals surface area (Å²) in [6.45, 7) is 1.64. The summed E-state index contributed by atoms with van der Waals surface area (Å²) in [6, 6.07) is 4.13. The average molecular weight is 267 g/mol. The van der Waals surface area contributed by atoms with Gasteiger partial charge in [-0.25, -0.2) is 4.39 Å². The van der Waals surface area contributed by atoms with Crippen molar-refractivity contribution in [2.45, 2.75) is 19.8 Å². The molecule has 0 N–H and O–H groups in total. The van der Waals surface area contributed by atoms with Gasteiger partial charge in [0, 0.05) is 26.6 Å². The van der Waals surface area contributed by atoms with Crippen molar-refractivity contribution in [2.75, 3.05) is 20.7 Å². The molecular formula is C14H18FNO3. The molecule has 0 aliphatic heterocycles. The van der Waals surface area contributed by atoms with Gasteiger partial charge in [-0.15, -0.1) is 0 Å². The van der Waals surface area contributed by atoms with Gasteiger partial charge in [0.15, 0.2) is 5.78 Å². The van der Waals surface area contributed by atoms with Crippen molar-refractivity contribution in [1.29, 1.82) is 0 Å². The Morgan fingerprint density at radius 2 is 2.00 bits per heavy atom. The second kappa shape index (κ2) is 6.87. The predicted octanol–water partition coefficient (Wildman–Crippen LogP) is 2.28. The number of benzene rings is 1. The molecule has 0 spiro atoms. The molecule has 0 radical (unpaired) electrons. The number of hydrogen-bond donors (Lipinski definition) is 0. The van der Waals surface area contributed by atoms with Gasteiger partial charge in [-0.1, -0.05) is 0 Å². The highest BCUT2D eigenvalue weighted by Gasteiger charge is 2.08. The lowest BCUT2D eigenvalue weighted by Crippen LogP contribution is -2.21. The number of carbonyl (C=O) groups excluding carboxylic acids is 2. The van der Waals surface area contributed by atoms with Gasteiger partial charge >= 0.3 is 0 Å². The van der Waals surface area contributed by atoms with Crippen LogP contribution < -0.4 is 4.74 Å². The molecule has 0 bridgehead atoms. The van der Waals surface area contributed by atoms with Crippen molar-refractivity contribution in [2.24, 2.45) is 0 Å². The normalized spacial score (nSPS) is 10.1. The van der Waals surface area contributed by atoms with Crippen molar-refractivity contribution < 1.29 is 18.7 Å². The molecule has 1 rings (SSSR count). The van der Waals surface area contributed by atoms with Gasteiger partial charge < -0.3 is 9.64 Å². The SMILES string of the molecule is CC(=O)c1ccc(OCCCC(=O)N(C)C)cc1F. The highest BCUT2D eigenvalue weighted by Crippen LogP contribution is 2.17. The zero-order chi connectivity index (χ0) is 14.4. The van der Waals surface area contributed by atoms with Crippen LogP contribution in [0.1, 0.15) is 30.1 Å². The van der Waals surface area contributed by atoms with Crippen LogP contribution in [0, 0.1) is 5.82 Å². The van der Waals surface area contributed by atoms with Crippen molar-refractivity contribution in [3.05, 3.63) is 29.6 Å². The van der Waals surface area contributed by atoms with E-state index in [1.165, 1.54) is 24.0 Å². The van der Waals surface area contributed by atoms with E-state index in [1.807, 2.05) is 0 Å². The van der Waals surface area contributed by atoms with Crippen LogP contribution in [-0.2, 0) is 4.79 Å². The Morgan fingerprint density at radius 3 is 2.53 bits per heavy atom. The first-order chi connectivity index (χ1) is 8.91. The summed E-state index contributed by atoms with van der Waals surface area (Å²) in [4.78, 5) is 23.9. The Morgan fingerprint density at radius 1 is 1.32 bits per heavy atom. The predicted molar refractivity (Wildman–Crippen MR) is 69.8 cm³/mol. The molecule has 0 heterocycles. The number of Topliss-reactive ketones (excluding diaryl/α,β-unsaturated/α-hetero) is 1. The average Bonchev–Trinajstić information content (AvgIpc) is 2.33. The van der Waals surface area contributed by atoms with Gasteiger partial charge in [0.05, 0.1) is 12.2 Å². The number of carbonyl (C=O) groups is 2. The van der Waals surface area contributed by atoms with Crippen LogP contribution in [0.15, 0.2) is 18.2 Å². The van der Waals surface area contributed by atoms with E-state index >= 15 is 0 Å². The number of ether oxygens (including phenoxy) is 1. The highest BCUT2D eigenvalue weighted by atomic mass is 19.1. The van der Waals surface area contributed by atoms with Crippen LogP contribution in [-0.4, -0.2) is 37.3 Å². The van der Waals surface area contributed by atoms with Crippen LogP contribution in [0.5, 0.6) is 5.75 Å². The quantitative estimate of drug-likeness (QED) is 0.587. The molecule has 19 heavy (non-hydrogen) atoms. The Bertz CT molecular complexity index is 472. The van der Waals surface area contributed by atoms with Crippen molar-refractivity contribution in [3.63, 3.8) is 0 Å². The summed E-state index contributed by atoms with van der Waals surface area (Å²) in [5.41, 5.74) is 0.0511. The van der Waals surface area contributed by atoms with Crippen LogP contribution in [0.25, 0.3) is 0 Å². The van der Waals surface area contributed by atoms with Gasteiger partial charge in [0.2, 0.25) is 5.91 Å². The Labute approximate surface area is 112 Å². The maximum absolute atomic E-state index is 13.5. The molecule has 104 valence electrons. The zero-order valence-electron chi connectivity index (χ0n) is 11.4. The number of halogens is 1. The largest absolute Gasteiger partial charge is 0.493 e. The number of hydrogen-bond acceptors (Lipinski definition) is 3. The third kappa shape index (κ3) is 4.69.